The minimum Gasteiger partial charge on any atom is -0.490 e. The summed E-state index contributed by atoms with van der Waals surface area (Å²) < 4.78 is 11.2. The van der Waals surface area contributed by atoms with Gasteiger partial charge in [-0.1, -0.05) is 11.6 Å². The quantitative estimate of drug-likeness (QED) is 0.858. The molecule has 0 amide bonds. The van der Waals surface area contributed by atoms with E-state index in [0.717, 1.165) is 44.9 Å². The van der Waals surface area contributed by atoms with Crippen LogP contribution in [0.25, 0.3) is 0 Å². The molecule has 2 aliphatic heterocycles. The first kappa shape index (κ1) is 13.7. The summed E-state index contributed by atoms with van der Waals surface area (Å²) in [7, 11) is 0. The zero-order chi connectivity index (χ0) is 13.9. The summed E-state index contributed by atoms with van der Waals surface area (Å²) >= 11 is 5.92. The number of nitrogens with zero attached hydrogens (tertiary/aromatic N) is 2. The van der Waals surface area contributed by atoms with Crippen LogP contribution in [0, 0.1) is 11.3 Å². The van der Waals surface area contributed by atoms with Gasteiger partial charge in [-0.15, -0.1) is 0 Å². The number of benzene rings is 1. The highest BCUT2D eigenvalue weighted by Crippen LogP contribution is 2.25. The topological polar surface area (TPSA) is 45.5 Å². The van der Waals surface area contributed by atoms with Gasteiger partial charge in [0.1, 0.15) is 17.9 Å². The summed E-state index contributed by atoms with van der Waals surface area (Å²) in [5.74, 6) is 0.733. The Morgan fingerprint density at radius 1 is 1.30 bits per heavy atom. The summed E-state index contributed by atoms with van der Waals surface area (Å²) in [4.78, 5) is 2.48. The van der Waals surface area contributed by atoms with Gasteiger partial charge in [-0.3, -0.25) is 4.90 Å². The maximum Gasteiger partial charge on any atom is 0.121 e. The smallest absolute Gasteiger partial charge is 0.121 e. The average molecular weight is 293 g/mol. The molecule has 2 heterocycles. The molecule has 2 saturated heterocycles. The molecule has 20 heavy (non-hydrogen) atoms. The minimum atomic E-state index is 0.222. The molecular weight excluding hydrogens is 276 g/mol. The SMILES string of the molecule is N#Cc1cc(OC2CCN(C3COC3)CC2)ccc1Cl. The molecule has 4 nitrogen and oxygen atoms in total. The van der Waals surface area contributed by atoms with Crippen molar-refractivity contribution >= 4 is 11.6 Å². The minimum absolute atomic E-state index is 0.222. The summed E-state index contributed by atoms with van der Waals surface area (Å²) in [6, 6.07) is 7.95. The number of piperidine rings is 1. The predicted octanol–water partition coefficient (Wildman–Crippen LogP) is 2.45. The highest BCUT2D eigenvalue weighted by atomic mass is 35.5. The number of rotatable bonds is 3. The Labute approximate surface area is 123 Å². The molecule has 5 heteroatoms. The van der Waals surface area contributed by atoms with Crippen molar-refractivity contribution in [3.05, 3.63) is 28.8 Å². The monoisotopic (exact) mass is 292 g/mol. The van der Waals surface area contributed by atoms with E-state index in [1.807, 2.05) is 6.07 Å². The third-order valence-corrected chi connectivity index (χ3v) is 4.30. The van der Waals surface area contributed by atoms with Crippen LogP contribution in [0.5, 0.6) is 5.75 Å². The van der Waals surface area contributed by atoms with Gasteiger partial charge in [0.05, 0.1) is 29.8 Å². The van der Waals surface area contributed by atoms with Gasteiger partial charge in [-0.05, 0) is 31.0 Å². The molecule has 0 radical (unpaired) electrons. The number of halogens is 1. The fourth-order valence-electron chi connectivity index (χ4n) is 2.65. The Bertz CT molecular complexity index is 517. The van der Waals surface area contributed by atoms with E-state index in [-0.39, 0.29) is 6.10 Å². The second-order valence-corrected chi connectivity index (χ2v) is 5.71. The molecule has 0 saturated carbocycles. The first-order valence-corrected chi connectivity index (χ1v) is 7.32. The van der Waals surface area contributed by atoms with Gasteiger partial charge in [0.25, 0.3) is 0 Å². The van der Waals surface area contributed by atoms with Crippen molar-refractivity contribution in [1.82, 2.24) is 4.90 Å². The number of ether oxygens (including phenoxy) is 2. The molecule has 2 aliphatic rings. The summed E-state index contributed by atoms with van der Waals surface area (Å²) in [5.41, 5.74) is 0.466. The van der Waals surface area contributed by atoms with Crippen molar-refractivity contribution in [1.29, 1.82) is 5.26 Å². The Morgan fingerprint density at radius 2 is 2.05 bits per heavy atom. The Hall–Kier alpha value is -1.28. The van der Waals surface area contributed by atoms with E-state index in [2.05, 4.69) is 11.0 Å². The lowest BCUT2D eigenvalue weighted by Crippen LogP contribution is -2.52. The Balaban J connectivity index is 1.55. The molecule has 0 unspecified atom stereocenters. The van der Waals surface area contributed by atoms with E-state index >= 15 is 0 Å². The van der Waals surface area contributed by atoms with Crippen LogP contribution < -0.4 is 4.74 Å². The number of nitriles is 1. The van der Waals surface area contributed by atoms with Gasteiger partial charge in [-0.2, -0.15) is 5.26 Å². The molecule has 1 aromatic rings. The standard InChI is InChI=1S/C15H17ClN2O2/c16-15-2-1-14(7-11(15)8-17)20-13-3-5-18(6-4-13)12-9-19-10-12/h1-2,7,12-13H,3-6,9-10H2. The van der Waals surface area contributed by atoms with Crippen molar-refractivity contribution in [2.24, 2.45) is 0 Å². The number of hydrogen-bond acceptors (Lipinski definition) is 4. The second kappa shape index (κ2) is 6.01. The fraction of sp³-hybridized carbons (Fsp3) is 0.533. The van der Waals surface area contributed by atoms with E-state index in [1.165, 1.54) is 0 Å². The first-order chi connectivity index (χ1) is 9.76. The van der Waals surface area contributed by atoms with Crippen LogP contribution in [0.15, 0.2) is 18.2 Å². The third-order valence-electron chi connectivity index (χ3n) is 3.97. The molecule has 0 aromatic heterocycles. The highest BCUT2D eigenvalue weighted by molar-refractivity contribution is 6.31. The zero-order valence-corrected chi connectivity index (χ0v) is 12.0. The fourth-order valence-corrected chi connectivity index (χ4v) is 2.81. The lowest BCUT2D eigenvalue weighted by atomic mass is 10.0. The molecule has 0 atom stereocenters. The van der Waals surface area contributed by atoms with Crippen molar-refractivity contribution in [3.8, 4) is 11.8 Å². The molecule has 106 valence electrons. The second-order valence-electron chi connectivity index (χ2n) is 5.30. The normalized spacial score (nSPS) is 21.2. The average Bonchev–Trinajstić information content (AvgIpc) is 2.41. The predicted molar refractivity (Wildman–Crippen MR) is 76.0 cm³/mol. The van der Waals surface area contributed by atoms with Crippen LogP contribution >= 0.6 is 11.6 Å². The largest absolute Gasteiger partial charge is 0.490 e. The molecule has 1 aromatic carbocycles. The van der Waals surface area contributed by atoms with E-state index in [1.54, 1.807) is 12.1 Å². The Kier molecular flexibility index (Phi) is 4.11. The molecule has 0 bridgehead atoms. The van der Waals surface area contributed by atoms with Crippen LogP contribution in [-0.2, 0) is 4.74 Å². The highest BCUT2D eigenvalue weighted by Gasteiger charge is 2.30. The van der Waals surface area contributed by atoms with Crippen molar-refractivity contribution in [3.63, 3.8) is 0 Å². The number of hydrogen-bond donors (Lipinski definition) is 0. The van der Waals surface area contributed by atoms with Gasteiger partial charge >= 0.3 is 0 Å². The van der Waals surface area contributed by atoms with Crippen LogP contribution in [0.1, 0.15) is 18.4 Å². The lowest BCUT2D eigenvalue weighted by Gasteiger charge is -2.41. The van der Waals surface area contributed by atoms with Crippen LogP contribution in [-0.4, -0.2) is 43.3 Å². The van der Waals surface area contributed by atoms with Crippen LogP contribution in [0.3, 0.4) is 0 Å². The molecule has 2 fully saturated rings. The van der Waals surface area contributed by atoms with Gasteiger partial charge in [0.2, 0.25) is 0 Å². The molecule has 0 spiro atoms. The summed E-state index contributed by atoms with van der Waals surface area (Å²) in [6.45, 7) is 3.84. The van der Waals surface area contributed by atoms with Gasteiger partial charge in [-0.25, -0.2) is 0 Å². The Morgan fingerprint density at radius 3 is 2.65 bits per heavy atom. The van der Waals surface area contributed by atoms with Crippen molar-refractivity contribution in [2.75, 3.05) is 26.3 Å². The first-order valence-electron chi connectivity index (χ1n) is 6.94. The summed E-state index contributed by atoms with van der Waals surface area (Å²) in [5, 5.41) is 9.44. The molecule has 3 rings (SSSR count). The van der Waals surface area contributed by atoms with Gasteiger partial charge in [0.15, 0.2) is 0 Å². The summed E-state index contributed by atoms with van der Waals surface area (Å²) in [6.07, 6.45) is 2.25. The van der Waals surface area contributed by atoms with E-state index < -0.39 is 0 Å². The number of likely N-dealkylation sites (tertiary alicyclic amines) is 1. The van der Waals surface area contributed by atoms with E-state index in [4.69, 9.17) is 26.3 Å². The lowest BCUT2D eigenvalue weighted by molar-refractivity contribution is -0.0778. The molecule has 0 N–H and O–H groups in total. The third kappa shape index (κ3) is 2.90. The maximum absolute atomic E-state index is 8.97. The maximum atomic E-state index is 8.97. The molecule has 0 aliphatic carbocycles. The van der Waals surface area contributed by atoms with Gasteiger partial charge in [0, 0.05) is 13.1 Å². The van der Waals surface area contributed by atoms with E-state index in [0.29, 0.717) is 16.6 Å². The van der Waals surface area contributed by atoms with Crippen molar-refractivity contribution in [2.45, 2.75) is 25.0 Å². The van der Waals surface area contributed by atoms with Crippen LogP contribution in [0.2, 0.25) is 5.02 Å². The van der Waals surface area contributed by atoms with E-state index in [9.17, 15) is 0 Å². The van der Waals surface area contributed by atoms with Crippen LogP contribution in [0.4, 0.5) is 0 Å². The van der Waals surface area contributed by atoms with Gasteiger partial charge < -0.3 is 9.47 Å². The molecular formula is C15H17ClN2O2. The van der Waals surface area contributed by atoms with Crippen molar-refractivity contribution < 1.29 is 9.47 Å². The zero-order valence-electron chi connectivity index (χ0n) is 11.2.